The summed E-state index contributed by atoms with van der Waals surface area (Å²) < 4.78 is 10.1. The number of ether oxygens (including phenoxy) is 2. The Balaban J connectivity index is 1.42. The standard InChI is InChI=1S/C26H22N2O8S/c1-35-25(31)20-12-15(28(33)34)10-11-23(20)37-14-22(24(29)30)27-26(32)36-13-21-18-8-4-2-6-16(18)17-7-3-5-9-19(17)21/h2-12,21-22H,13-14H2,1H3,(H,27,32)(H,29,30). The van der Waals surface area contributed by atoms with Gasteiger partial charge in [0.05, 0.1) is 17.6 Å². The highest BCUT2D eigenvalue weighted by Crippen LogP contribution is 2.44. The molecule has 4 rings (SSSR count). The number of benzene rings is 3. The molecule has 2 N–H and O–H groups in total. The third-order valence-electron chi connectivity index (χ3n) is 5.92. The van der Waals surface area contributed by atoms with E-state index in [0.29, 0.717) is 0 Å². The van der Waals surface area contributed by atoms with Crippen LogP contribution in [0.5, 0.6) is 0 Å². The van der Waals surface area contributed by atoms with Crippen LogP contribution in [0.4, 0.5) is 10.5 Å². The Hall–Kier alpha value is -4.38. The highest BCUT2D eigenvalue weighted by molar-refractivity contribution is 7.99. The second kappa shape index (κ2) is 11.1. The molecule has 0 saturated heterocycles. The first-order chi connectivity index (χ1) is 17.8. The van der Waals surface area contributed by atoms with E-state index in [9.17, 15) is 29.6 Å². The monoisotopic (exact) mass is 522 g/mol. The minimum absolute atomic E-state index is 0.0220. The van der Waals surface area contributed by atoms with Gasteiger partial charge in [-0.2, -0.15) is 0 Å². The Bertz CT molecular complexity index is 1330. The van der Waals surface area contributed by atoms with Crippen molar-refractivity contribution in [2.45, 2.75) is 16.9 Å². The van der Waals surface area contributed by atoms with Crippen LogP contribution in [-0.4, -0.2) is 53.6 Å². The summed E-state index contributed by atoms with van der Waals surface area (Å²) in [6.45, 7) is 0.0220. The number of hydrogen-bond donors (Lipinski definition) is 2. The lowest BCUT2D eigenvalue weighted by Gasteiger charge is -2.17. The number of hydrogen-bond acceptors (Lipinski definition) is 8. The van der Waals surface area contributed by atoms with E-state index in [1.165, 1.54) is 12.1 Å². The van der Waals surface area contributed by atoms with Crippen LogP contribution in [0.2, 0.25) is 0 Å². The van der Waals surface area contributed by atoms with Gasteiger partial charge < -0.3 is 19.9 Å². The maximum Gasteiger partial charge on any atom is 0.407 e. The molecule has 1 aliphatic carbocycles. The number of carboxylic acids is 1. The number of alkyl carbamates (subject to hydrolysis) is 1. The number of carbonyl (C=O) groups excluding carboxylic acids is 2. The predicted octanol–water partition coefficient (Wildman–Crippen LogP) is 4.47. The molecular formula is C26H22N2O8S. The van der Waals surface area contributed by atoms with Gasteiger partial charge in [0, 0.05) is 28.7 Å². The summed E-state index contributed by atoms with van der Waals surface area (Å²) in [5, 5.41) is 23.0. The third-order valence-corrected chi connectivity index (χ3v) is 7.09. The Labute approximate surface area is 215 Å². The van der Waals surface area contributed by atoms with Gasteiger partial charge >= 0.3 is 18.0 Å². The number of methoxy groups -OCH3 is 1. The van der Waals surface area contributed by atoms with Gasteiger partial charge in [-0.1, -0.05) is 48.5 Å². The van der Waals surface area contributed by atoms with Crippen LogP contribution < -0.4 is 5.32 Å². The smallest absolute Gasteiger partial charge is 0.407 e. The van der Waals surface area contributed by atoms with Crippen LogP contribution in [0.1, 0.15) is 27.4 Å². The second-order valence-corrected chi connectivity index (χ2v) is 9.16. The number of nitrogens with zero attached hydrogens (tertiary/aromatic N) is 1. The number of carboxylic acid groups (broad SMARTS) is 1. The van der Waals surface area contributed by atoms with Crippen molar-refractivity contribution < 1.29 is 33.9 Å². The summed E-state index contributed by atoms with van der Waals surface area (Å²) in [6.07, 6.45) is -0.897. The van der Waals surface area contributed by atoms with Crippen LogP contribution in [0.15, 0.2) is 71.6 Å². The van der Waals surface area contributed by atoms with Gasteiger partial charge in [0.2, 0.25) is 0 Å². The van der Waals surface area contributed by atoms with Gasteiger partial charge in [-0.15, -0.1) is 11.8 Å². The van der Waals surface area contributed by atoms with Crippen molar-refractivity contribution in [1.82, 2.24) is 5.32 Å². The second-order valence-electron chi connectivity index (χ2n) is 8.10. The molecule has 0 fully saturated rings. The van der Waals surface area contributed by atoms with E-state index < -0.39 is 29.0 Å². The molecule has 1 atom stereocenters. The average Bonchev–Trinajstić information content (AvgIpc) is 3.22. The number of carbonyl (C=O) groups is 3. The van der Waals surface area contributed by atoms with Gasteiger partial charge in [-0.3, -0.25) is 10.1 Å². The van der Waals surface area contributed by atoms with Crippen molar-refractivity contribution in [3.8, 4) is 11.1 Å². The molecule has 10 nitrogen and oxygen atoms in total. The molecule has 190 valence electrons. The van der Waals surface area contributed by atoms with Crippen molar-refractivity contribution in [1.29, 1.82) is 0 Å². The first-order valence-electron chi connectivity index (χ1n) is 11.1. The highest BCUT2D eigenvalue weighted by Gasteiger charge is 2.30. The molecule has 11 heteroatoms. The molecule has 0 heterocycles. The van der Waals surface area contributed by atoms with E-state index in [0.717, 1.165) is 47.2 Å². The highest BCUT2D eigenvalue weighted by atomic mass is 32.2. The fraction of sp³-hybridized carbons (Fsp3) is 0.192. The summed E-state index contributed by atoms with van der Waals surface area (Å²) in [5.74, 6) is -2.45. The Morgan fingerprint density at radius 3 is 2.24 bits per heavy atom. The van der Waals surface area contributed by atoms with Crippen LogP contribution >= 0.6 is 11.8 Å². The lowest BCUT2D eigenvalue weighted by Crippen LogP contribution is -2.43. The lowest BCUT2D eigenvalue weighted by atomic mass is 9.98. The van der Waals surface area contributed by atoms with E-state index in [2.05, 4.69) is 10.1 Å². The lowest BCUT2D eigenvalue weighted by molar-refractivity contribution is -0.384. The molecule has 3 aromatic carbocycles. The topological polar surface area (TPSA) is 145 Å². The number of nitro benzene ring substituents is 1. The quantitative estimate of drug-likeness (QED) is 0.180. The van der Waals surface area contributed by atoms with E-state index in [-0.39, 0.29) is 34.4 Å². The molecule has 1 aliphatic rings. The first-order valence-corrected chi connectivity index (χ1v) is 12.1. The summed E-state index contributed by atoms with van der Waals surface area (Å²) in [7, 11) is 1.13. The van der Waals surface area contributed by atoms with Crippen molar-refractivity contribution in [3.05, 3.63) is 93.5 Å². The number of nitrogens with one attached hydrogen (secondary N) is 1. The van der Waals surface area contributed by atoms with E-state index in [4.69, 9.17) is 4.74 Å². The molecule has 3 aromatic rings. The molecule has 0 saturated carbocycles. The molecule has 37 heavy (non-hydrogen) atoms. The zero-order chi connectivity index (χ0) is 26.5. The number of amides is 1. The number of aliphatic carboxylic acids is 1. The van der Waals surface area contributed by atoms with Crippen molar-refractivity contribution in [2.75, 3.05) is 19.5 Å². The molecule has 1 amide bonds. The molecule has 1 unspecified atom stereocenters. The van der Waals surface area contributed by atoms with Gasteiger partial charge in [0.25, 0.3) is 5.69 Å². The van der Waals surface area contributed by atoms with E-state index in [1.807, 2.05) is 48.5 Å². The SMILES string of the molecule is COC(=O)c1cc([N+](=O)[O-])ccc1SCC(NC(=O)OCC1c2ccccc2-c2ccccc21)C(=O)O. The molecular weight excluding hydrogens is 500 g/mol. The van der Waals surface area contributed by atoms with Gasteiger partial charge in [-0.05, 0) is 28.3 Å². The summed E-state index contributed by atoms with van der Waals surface area (Å²) in [4.78, 5) is 47.1. The van der Waals surface area contributed by atoms with Gasteiger partial charge in [-0.25, -0.2) is 14.4 Å². The minimum Gasteiger partial charge on any atom is -0.480 e. The van der Waals surface area contributed by atoms with Crippen LogP contribution in [-0.2, 0) is 14.3 Å². The molecule has 0 bridgehead atoms. The van der Waals surface area contributed by atoms with E-state index >= 15 is 0 Å². The van der Waals surface area contributed by atoms with Gasteiger partial charge in [0.15, 0.2) is 0 Å². The maximum atomic E-state index is 12.5. The Kier molecular flexibility index (Phi) is 7.73. The fourth-order valence-corrected chi connectivity index (χ4v) is 5.19. The summed E-state index contributed by atoms with van der Waals surface area (Å²) in [5.41, 5.74) is 3.79. The zero-order valence-electron chi connectivity index (χ0n) is 19.6. The zero-order valence-corrected chi connectivity index (χ0v) is 20.4. The van der Waals surface area contributed by atoms with Crippen molar-refractivity contribution >= 4 is 35.5 Å². The Morgan fingerprint density at radius 1 is 1.05 bits per heavy atom. The van der Waals surface area contributed by atoms with Crippen LogP contribution in [0, 0.1) is 10.1 Å². The van der Waals surface area contributed by atoms with Crippen LogP contribution in [0.3, 0.4) is 0 Å². The number of non-ortho nitro benzene ring substituents is 1. The fourth-order valence-electron chi connectivity index (χ4n) is 4.16. The summed E-state index contributed by atoms with van der Waals surface area (Å²) in [6, 6.07) is 17.9. The Morgan fingerprint density at radius 2 is 1.68 bits per heavy atom. The normalized spacial score (nSPS) is 12.7. The molecule has 0 aliphatic heterocycles. The maximum absolute atomic E-state index is 12.5. The molecule has 0 aromatic heterocycles. The summed E-state index contributed by atoms with van der Waals surface area (Å²) >= 11 is 0.940. The van der Waals surface area contributed by atoms with Gasteiger partial charge in [0.1, 0.15) is 12.6 Å². The van der Waals surface area contributed by atoms with Crippen molar-refractivity contribution in [3.63, 3.8) is 0 Å². The number of rotatable bonds is 9. The predicted molar refractivity (Wildman–Crippen MR) is 135 cm³/mol. The van der Waals surface area contributed by atoms with Crippen molar-refractivity contribution in [2.24, 2.45) is 0 Å². The van der Waals surface area contributed by atoms with E-state index in [1.54, 1.807) is 0 Å². The van der Waals surface area contributed by atoms with Crippen LogP contribution in [0.25, 0.3) is 11.1 Å². The molecule has 0 radical (unpaired) electrons. The number of esters is 1. The number of nitro groups is 1. The average molecular weight is 523 g/mol. The number of fused-ring (bicyclic) bond motifs is 3. The largest absolute Gasteiger partial charge is 0.480 e. The third kappa shape index (κ3) is 5.56. The first kappa shape index (κ1) is 25.7. The molecule has 0 spiro atoms. The minimum atomic E-state index is -1.35. The number of thioether (sulfide) groups is 1.